The fourth-order valence-corrected chi connectivity index (χ4v) is 2.65. The van der Waals surface area contributed by atoms with Crippen molar-refractivity contribution in [1.82, 2.24) is 9.97 Å². The van der Waals surface area contributed by atoms with Crippen LogP contribution in [-0.4, -0.2) is 18.4 Å². The molecule has 0 saturated carbocycles. The van der Waals surface area contributed by atoms with Crippen molar-refractivity contribution in [3.05, 3.63) is 53.4 Å². The Labute approximate surface area is 110 Å². The van der Waals surface area contributed by atoms with Gasteiger partial charge in [0, 0.05) is 0 Å². The molecule has 2 rings (SSSR count). The predicted octanol–water partition coefficient (Wildman–Crippen LogP) is 2.07. The molecule has 0 radical (unpaired) electrons. The van der Waals surface area contributed by atoms with Crippen molar-refractivity contribution in [2.45, 2.75) is 5.75 Å². The Hall–Kier alpha value is -1.66. The first-order chi connectivity index (χ1) is 8.55. The first-order valence-electron chi connectivity index (χ1n) is 5.07. The van der Waals surface area contributed by atoms with Gasteiger partial charge in [-0.3, -0.25) is 9.71 Å². The Morgan fingerprint density at radius 2 is 1.89 bits per heavy atom. The summed E-state index contributed by atoms with van der Waals surface area (Å²) in [4.78, 5) is 7.57. The van der Waals surface area contributed by atoms with Gasteiger partial charge in [-0.2, -0.15) is 0 Å². The van der Waals surface area contributed by atoms with E-state index < -0.39 is 10.0 Å². The summed E-state index contributed by atoms with van der Waals surface area (Å²) in [6.07, 6.45) is 2.63. The lowest BCUT2D eigenvalue weighted by molar-refractivity contribution is 0.600. The predicted molar refractivity (Wildman–Crippen MR) is 69.7 cm³/mol. The van der Waals surface area contributed by atoms with Gasteiger partial charge >= 0.3 is 0 Å². The van der Waals surface area contributed by atoms with Gasteiger partial charge in [0.15, 0.2) is 5.82 Å². The summed E-state index contributed by atoms with van der Waals surface area (Å²) in [5, 5.41) is 0.134. The maximum atomic E-state index is 11.9. The minimum absolute atomic E-state index is 0.110. The van der Waals surface area contributed by atoms with Crippen LogP contribution in [0.4, 0.5) is 5.82 Å². The van der Waals surface area contributed by atoms with E-state index in [4.69, 9.17) is 11.6 Å². The minimum atomic E-state index is -3.52. The second kappa shape index (κ2) is 5.32. The molecule has 0 saturated heterocycles. The Morgan fingerprint density at radius 3 is 2.56 bits per heavy atom. The molecule has 18 heavy (non-hydrogen) atoms. The number of sulfonamides is 1. The van der Waals surface area contributed by atoms with Crippen LogP contribution in [0.25, 0.3) is 0 Å². The monoisotopic (exact) mass is 283 g/mol. The molecule has 1 aromatic carbocycles. The Balaban J connectivity index is 2.13. The first kappa shape index (κ1) is 12.8. The number of halogens is 1. The molecule has 1 heterocycles. The summed E-state index contributed by atoms with van der Waals surface area (Å²) < 4.78 is 26.0. The molecule has 0 spiro atoms. The van der Waals surface area contributed by atoms with Crippen molar-refractivity contribution in [2.24, 2.45) is 0 Å². The van der Waals surface area contributed by atoms with Crippen molar-refractivity contribution in [2.75, 3.05) is 4.72 Å². The summed E-state index contributed by atoms with van der Waals surface area (Å²) >= 11 is 5.63. The fraction of sp³-hybridized carbons (Fsp3) is 0.0909. The van der Waals surface area contributed by atoms with Gasteiger partial charge in [0.05, 0.1) is 18.1 Å². The van der Waals surface area contributed by atoms with E-state index in [1.165, 1.54) is 12.4 Å². The van der Waals surface area contributed by atoms with Crippen LogP contribution in [0.5, 0.6) is 0 Å². The van der Waals surface area contributed by atoms with E-state index in [1.54, 1.807) is 24.3 Å². The lowest BCUT2D eigenvalue weighted by atomic mass is 10.2. The molecule has 0 fully saturated rings. The molecule has 7 heteroatoms. The van der Waals surface area contributed by atoms with Crippen LogP contribution in [0.3, 0.4) is 0 Å². The van der Waals surface area contributed by atoms with Gasteiger partial charge in [0.25, 0.3) is 0 Å². The fourth-order valence-electron chi connectivity index (χ4n) is 1.38. The van der Waals surface area contributed by atoms with E-state index in [0.717, 1.165) is 0 Å². The average Bonchev–Trinajstić information content (AvgIpc) is 2.28. The molecule has 0 atom stereocenters. The molecular weight excluding hydrogens is 274 g/mol. The summed E-state index contributed by atoms with van der Waals surface area (Å²) in [5.74, 6) is -0.0133. The molecule has 0 unspecified atom stereocenters. The van der Waals surface area contributed by atoms with Gasteiger partial charge in [0.1, 0.15) is 5.15 Å². The van der Waals surface area contributed by atoms with Crippen LogP contribution in [0.15, 0.2) is 42.7 Å². The number of nitrogens with one attached hydrogen (secondary N) is 1. The molecule has 0 aliphatic rings. The summed E-state index contributed by atoms with van der Waals surface area (Å²) in [6, 6.07) is 8.87. The van der Waals surface area contributed by atoms with Crippen LogP contribution in [-0.2, 0) is 15.8 Å². The van der Waals surface area contributed by atoms with Gasteiger partial charge in [-0.05, 0) is 5.56 Å². The average molecular weight is 284 g/mol. The third-order valence-electron chi connectivity index (χ3n) is 2.06. The molecule has 0 aliphatic heterocycles. The molecule has 0 aliphatic carbocycles. The standard InChI is InChI=1S/C11H10ClN3O2S/c12-10-6-13-7-11(14-10)15-18(16,17)8-9-4-2-1-3-5-9/h1-7H,8H2,(H,14,15). The number of nitrogens with zero attached hydrogens (tertiary/aromatic N) is 2. The third kappa shape index (κ3) is 3.68. The quantitative estimate of drug-likeness (QED) is 0.932. The maximum Gasteiger partial charge on any atom is 0.238 e. The largest absolute Gasteiger partial charge is 0.266 e. The lowest BCUT2D eigenvalue weighted by Crippen LogP contribution is -2.16. The molecule has 0 bridgehead atoms. The first-order valence-corrected chi connectivity index (χ1v) is 7.10. The smallest absolute Gasteiger partial charge is 0.238 e. The number of hydrogen-bond acceptors (Lipinski definition) is 4. The van der Waals surface area contributed by atoms with Crippen molar-refractivity contribution < 1.29 is 8.42 Å². The highest BCUT2D eigenvalue weighted by molar-refractivity contribution is 7.91. The zero-order valence-electron chi connectivity index (χ0n) is 9.25. The van der Waals surface area contributed by atoms with E-state index in [-0.39, 0.29) is 16.7 Å². The van der Waals surface area contributed by atoms with Crippen molar-refractivity contribution in [3.63, 3.8) is 0 Å². The molecule has 0 amide bonds. The number of hydrogen-bond donors (Lipinski definition) is 1. The molecule has 5 nitrogen and oxygen atoms in total. The molecule has 2 aromatic rings. The highest BCUT2D eigenvalue weighted by Gasteiger charge is 2.12. The van der Waals surface area contributed by atoms with E-state index in [0.29, 0.717) is 5.56 Å². The maximum absolute atomic E-state index is 11.9. The normalized spacial score (nSPS) is 11.2. The van der Waals surface area contributed by atoms with Gasteiger partial charge in [0.2, 0.25) is 10.0 Å². The van der Waals surface area contributed by atoms with Crippen LogP contribution in [0.1, 0.15) is 5.56 Å². The Kier molecular flexibility index (Phi) is 3.78. The van der Waals surface area contributed by atoms with Crippen molar-refractivity contribution >= 4 is 27.4 Å². The number of rotatable bonds is 4. The zero-order chi connectivity index (χ0) is 13.0. The van der Waals surface area contributed by atoms with Gasteiger partial charge in [-0.25, -0.2) is 13.4 Å². The molecule has 1 aromatic heterocycles. The van der Waals surface area contributed by atoms with Crippen molar-refractivity contribution in [3.8, 4) is 0 Å². The van der Waals surface area contributed by atoms with Gasteiger partial charge < -0.3 is 0 Å². The van der Waals surface area contributed by atoms with E-state index in [9.17, 15) is 8.42 Å². The number of anilines is 1. The van der Waals surface area contributed by atoms with Crippen LogP contribution >= 0.6 is 11.6 Å². The molecule has 94 valence electrons. The van der Waals surface area contributed by atoms with Gasteiger partial charge in [-0.15, -0.1) is 0 Å². The topological polar surface area (TPSA) is 72.0 Å². The van der Waals surface area contributed by atoms with E-state index in [2.05, 4.69) is 14.7 Å². The molecule has 1 N–H and O–H groups in total. The Morgan fingerprint density at radius 1 is 1.17 bits per heavy atom. The lowest BCUT2D eigenvalue weighted by Gasteiger charge is -2.06. The Bertz CT molecular complexity index is 632. The van der Waals surface area contributed by atoms with Gasteiger partial charge in [-0.1, -0.05) is 41.9 Å². The summed E-state index contributed by atoms with van der Waals surface area (Å²) in [6.45, 7) is 0. The molecular formula is C11H10ClN3O2S. The van der Waals surface area contributed by atoms with E-state index >= 15 is 0 Å². The second-order valence-corrected chi connectivity index (χ2v) is 5.68. The SMILES string of the molecule is O=S(=O)(Cc1ccccc1)Nc1cncc(Cl)n1. The summed E-state index contributed by atoms with van der Waals surface area (Å²) in [7, 11) is -3.52. The highest BCUT2D eigenvalue weighted by atomic mass is 35.5. The third-order valence-corrected chi connectivity index (χ3v) is 3.48. The minimum Gasteiger partial charge on any atom is -0.266 e. The van der Waals surface area contributed by atoms with Crippen molar-refractivity contribution in [1.29, 1.82) is 0 Å². The van der Waals surface area contributed by atoms with Crippen LogP contribution < -0.4 is 4.72 Å². The highest BCUT2D eigenvalue weighted by Crippen LogP contribution is 2.11. The zero-order valence-corrected chi connectivity index (χ0v) is 10.8. The van der Waals surface area contributed by atoms with Crippen LogP contribution in [0, 0.1) is 0 Å². The summed E-state index contributed by atoms with van der Waals surface area (Å²) in [5.41, 5.74) is 0.694. The van der Waals surface area contributed by atoms with Crippen LogP contribution in [0.2, 0.25) is 5.15 Å². The second-order valence-electron chi connectivity index (χ2n) is 3.57. The number of aromatic nitrogens is 2. The number of benzene rings is 1. The van der Waals surface area contributed by atoms with E-state index in [1.807, 2.05) is 6.07 Å².